The van der Waals surface area contributed by atoms with Crippen LogP contribution in [0.2, 0.25) is 0 Å². The molecule has 0 saturated heterocycles. The number of hydrogen-bond donors (Lipinski definition) is 3. The van der Waals surface area contributed by atoms with E-state index in [2.05, 4.69) is 20.8 Å². The van der Waals surface area contributed by atoms with Crippen LogP contribution < -0.4 is 16.2 Å². The van der Waals surface area contributed by atoms with Gasteiger partial charge in [-0.2, -0.15) is 5.10 Å². The molecule has 3 N–H and O–H groups in total. The van der Waals surface area contributed by atoms with Crippen molar-refractivity contribution in [1.29, 1.82) is 0 Å². The predicted molar refractivity (Wildman–Crippen MR) is 92.6 cm³/mol. The number of nitrogens with zero attached hydrogens (tertiary/aromatic N) is 1. The largest absolute Gasteiger partial charge is 0.368 e. The van der Waals surface area contributed by atoms with Gasteiger partial charge in [-0.1, -0.05) is 39.0 Å². The van der Waals surface area contributed by atoms with Crippen LogP contribution in [0.25, 0.3) is 10.8 Å². The quantitative estimate of drug-likeness (QED) is 0.714. The first-order chi connectivity index (χ1) is 10.9. The van der Waals surface area contributed by atoms with E-state index in [9.17, 15) is 9.59 Å². The van der Waals surface area contributed by atoms with Gasteiger partial charge in [-0.05, 0) is 17.9 Å². The first kappa shape index (κ1) is 17.0. The molecular formula is C17H24N4O2. The Morgan fingerprint density at radius 2 is 1.87 bits per heavy atom. The zero-order valence-corrected chi connectivity index (χ0v) is 13.9. The van der Waals surface area contributed by atoms with E-state index in [0.29, 0.717) is 30.7 Å². The Hall–Kier alpha value is -2.37. The zero-order chi connectivity index (χ0) is 16.9. The Morgan fingerprint density at radius 1 is 1.17 bits per heavy atom. The molecule has 0 radical (unpaired) electrons. The van der Waals surface area contributed by atoms with Gasteiger partial charge in [0.2, 0.25) is 5.91 Å². The third kappa shape index (κ3) is 5.09. The first-order valence-electron chi connectivity index (χ1n) is 7.85. The SMILES string of the molecule is CC(C)(C)CC(=O)NCCCNc1n[nH]c(=O)c2ccccc12. The molecule has 0 unspecified atom stereocenters. The summed E-state index contributed by atoms with van der Waals surface area (Å²) in [6.07, 6.45) is 1.30. The van der Waals surface area contributed by atoms with Gasteiger partial charge in [0.15, 0.2) is 5.82 Å². The first-order valence-corrected chi connectivity index (χ1v) is 7.85. The summed E-state index contributed by atoms with van der Waals surface area (Å²) in [4.78, 5) is 23.4. The molecule has 1 aromatic heterocycles. The minimum Gasteiger partial charge on any atom is -0.368 e. The monoisotopic (exact) mass is 316 g/mol. The highest BCUT2D eigenvalue weighted by molar-refractivity contribution is 5.90. The molecule has 6 heteroatoms. The summed E-state index contributed by atoms with van der Waals surface area (Å²) in [5.74, 6) is 0.728. The molecule has 0 atom stereocenters. The summed E-state index contributed by atoms with van der Waals surface area (Å²) in [6.45, 7) is 7.41. The number of nitrogens with one attached hydrogen (secondary N) is 3. The topological polar surface area (TPSA) is 86.9 Å². The van der Waals surface area contributed by atoms with Crippen molar-refractivity contribution in [3.8, 4) is 0 Å². The van der Waals surface area contributed by atoms with E-state index in [1.807, 2.05) is 39.0 Å². The maximum Gasteiger partial charge on any atom is 0.272 e. The Balaban J connectivity index is 1.83. The number of amides is 1. The van der Waals surface area contributed by atoms with Gasteiger partial charge in [-0.15, -0.1) is 0 Å². The third-order valence-electron chi connectivity index (χ3n) is 3.36. The van der Waals surface area contributed by atoms with Crippen molar-refractivity contribution in [3.63, 3.8) is 0 Å². The molecule has 1 heterocycles. The summed E-state index contributed by atoms with van der Waals surface area (Å²) in [7, 11) is 0. The minimum absolute atomic E-state index is 0.00107. The van der Waals surface area contributed by atoms with Crippen molar-refractivity contribution < 1.29 is 4.79 Å². The fourth-order valence-electron chi connectivity index (χ4n) is 2.32. The zero-order valence-electron chi connectivity index (χ0n) is 13.9. The average Bonchev–Trinajstić information content (AvgIpc) is 2.47. The number of carbonyl (C=O) groups excluding carboxylic acids is 1. The highest BCUT2D eigenvalue weighted by Crippen LogP contribution is 2.18. The van der Waals surface area contributed by atoms with Gasteiger partial charge >= 0.3 is 0 Å². The van der Waals surface area contributed by atoms with Crippen LogP contribution in [0.5, 0.6) is 0 Å². The lowest BCUT2D eigenvalue weighted by Crippen LogP contribution is -2.29. The molecule has 1 aromatic carbocycles. The lowest BCUT2D eigenvalue weighted by atomic mass is 9.92. The third-order valence-corrected chi connectivity index (χ3v) is 3.36. The molecule has 2 rings (SSSR count). The molecule has 0 aliphatic rings. The number of carbonyl (C=O) groups is 1. The summed E-state index contributed by atoms with van der Waals surface area (Å²) in [6, 6.07) is 7.34. The molecule has 0 bridgehead atoms. The molecule has 124 valence electrons. The summed E-state index contributed by atoms with van der Waals surface area (Å²) in [5, 5.41) is 14.1. The summed E-state index contributed by atoms with van der Waals surface area (Å²) < 4.78 is 0. The number of rotatable bonds is 6. The van der Waals surface area contributed by atoms with Crippen LogP contribution in [0.15, 0.2) is 29.1 Å². The molecule has 2 aromatic rings. The van der Waals surface area contributed by atoms with Crippen LogP contribution in [-0.4, -0.2) is 29.2 Å². The number of H-pyrrole nitrogens is 1. The number of hydrogen-bond acceptors (Lipinski definition) is 4. The van der Waals surface area contributed by atoms with E-state index in [-0.39, 0.29) is 16.9 Å². The van der Waals surface area contributed by atoms with Gasteiger partial charge in [0.25, 0.3) is 5.56 Å². The Bertz CT molecular complexity index is 731. The van der Waals surface area contributed by atoms with Crippen LogP contribution in [0, 0.1) is 5.41 Å². The molecule has 0 aliphatic carbocycles. The Morgan fingerprint density at radius 3 is 2.57 bits per heavy atom. The summed E-state index contributed by atoms with van der Waals surface area (Å²) >= 11 is 0. The van der Waals surface area contributed by atoms with Gasteiger partial charge in [0.05, 0.1) is 5.39 Å². The molecule has 1 amide bonds. The normalized spacial score (nSPS) is 11.4. The number of aromatic nitrogens is 2. The van der Waals surface area contributed by atoms with Gasteiger partial charge in [-0.3, -0.25) is 9.59 Å². The standard InChI is InChI=1S/C17H24N4O2/c1-17(2,3)11-14(22)18-9-6-10-19-15-12-7-4-5-8-13(12)16(23)21-20-15/h4-5,7-8H,6,9-11H2,1-3H3,(H,18,22)(H,19,20)(H,21,23). The molecule has 0 saturated carbocycles. The van der Waals surface area contributed by atoms with E-state index in [4.69, 9.17) is 0 Å². The molecule has 0 fully saturated rings. The van der Waals surface area contributed by atoms with Crippen molar-refractivity contribution in [2.45, 2.75) is 33.6 Å². The van der Waals surface area contributed by atoms with Crippen molar-refractivity contribution in [2.75, 3.05) is 18.4 Å². The van der Waals surface area contributed by atoms with Gasteiger partial charge < -0.3 is 10.6 Å². The van der Waals surface area contributed by atoms with Gasteiger partial charge in [-0.25, -0.2) is 5.10 Å². The molecule has 23 heavy (non-hydrogen) atoms. The fourth-order valence-corrected chi connectivity index (χ4v) is 2.32. The van der Waals surface area contributed by atoms with Crippen LogP contribution in [0.1, 0.15) is 33.6 Å². The molecule has 0 aliphatic heterocycles. The predicted octanol–water partition coefficient (Wildman–Crippen LogP) is 2.28. The van der Waals surface area contributed by atoms with E-state index in [1.165, 1.54) is 0 Å². The van der Waals surface area contributed by atoms with Crippen LogP contribution in [-0.2, 0) is 4.79 Å². The lowest BCUT2D eigenvalue weighted by Gasteiger charge is -2.17. The number of aromatic amines is 1. The molecular weight excluding hydrogens is 292 g/mol. The van der Waals surface area contributed by atoms with Gasteiger partial charge in [0, 0.05) is 24.9 Å². The highest BCUT2D eigenvalue weighted by atomic mass is 16.1. The number of anilines is 1. The highest BCUT2D eigenvalue weighted by Gasteiger charge is 2.15. The van der Waals surface area contributed by atoms with E-state index in [1.54, 1.807) is 6.07 Å². The van der Waals surface area contributed by atoms with E-state index < -0.39 is 0 Å². The second-order valence-electron chi connectivity index (χ2n) is 6.81. The van der Waals surface area contributed by atoms with Crippen molar-refractivity contribution in [2.24, 2.45) is 5.41 Å². The second kappa shape index (κ2) is 7.26. The van der Waals surface area contributed by atoms with Crippen LogP contribution in [0.3, 0.4) is 0 Å². The average molecular weight is 316 g/mol. The van der Waals surface area contributed by atoms with Crippen molar-refractivity contribution in [3.05, 3.63) is 34.6 Å². The van der Waals surface area contributed by atoms with E-state index in [0.717, 1.165) is 11.8 Å². The summed E-state index contributed by atoms with van der Waals surface area (Å²) in [5.41, 5.74) is -0.193. The maximum absolute atomic E-state index is 11.7. The smallest absolute Gasteiger partial charge is 0.272 e. The Labute approximate surface area is 135 Å². The number of benzene rings is 1. The molecule has 0 spiro atoms. The van der Waals surface area contributed by atoms with Crippen LogP contribution in [0.4, 0.5) is 5.82 Å². The number of fused-ring (bicyclic) bond motifs is 1. The fraction of sp³-hybridized carbons (Fsp3) is 0.471. The second-order valence-corrected chi connectivity index (χ2v) is 6.81. The van der Waals surface area contributed by atoms with Crippen LogP contribution >= 0.6 is 0 Å². The van der Waals surface area contributed by atoms with Crippen molar-refractivity contribution >= 4 is 22.5 Å². The van der Waals surface area contributed by atoms with E-state index >= 15 is 0 Å². The minimum atomic E-state index is -0.194. The van der Waals surface area contributed by atoms with Gasteiger partial charge in [0.1, 0.15) is 0 Å². The van der Waals surface area contributed by atoms with Crippen molar-refractivity contribution in [1.82, 2.24) is 15.5 Å². The molecule has 6 nitrogen and oxygen atoms in total. The Kier molecular flexibility index (Phi) is 5.36. The maximum atomic E-state index is 11.7. The lowest BCUT2D eigenvalue weighted by molar-refractivity contribution is -0.122.